The van der Waals surface area contributed by atoms with Crippen LogP contribution in [0.2, 0.25) is 0 Å². The number of halogens is 3. The molecule has 0 aromatic heterocycles. The molecule has 1 fully saturated rings. The molecule has 0 bridgehead atoms. The van der Waals surface area contributed by atoms with Crippen molar-refractivity contribution < 1.29 is 31.1 Å². The van der Waals surface area contributed by atoms with Crippen molar-refractivity contribution in [3.05, 3.63) is 59.7 Å². The molecule has 10 heteroatoms. The molecule has 0 saturated carbocycles. The van der Waals surface area contributed by atoms with E-state index in [0.717, 1.165) is 11.1 Å². The molecule has 1 amide bonds. The number of hydrogen-bond acceptors (Lipinski definition) is 4. The molecule has 0 atom stereocenters. The number of sulfonamides is 1. The van der Waals surface area contributed by atoms with E-state index in [9.17, 15) is 26.4 Å². The molecule has 1 heterocycles. The molecular weight excluding hydrogens is 469 g/mol. The number of ether oxygens (including phenoxy) is 1. The van der Waals surface area contributed by atoms with Gasteiger partial charge in [0.15, 0.2) is 6.61 Å². The van der Waals surface area contributed by atoms with Gasteiger partial charge in [0.05, 0.1) is 4.90 Å². The molecule has 1 aliphatic heterocycles. The largest absolute Gasteiger partial charge is 0.484 e. The molecule has 0 aliphatic carbocycles. The zero-order valence-corrected chi connectivity index (χ0v) is 20.0. The number of hydrogen-bond donors (Lipinski definition) is 1. The highest BCUT2D eigenvalue weighted by molar-refractivity contribution is 7.89. The fraction of sp³-hybridized carbons (Fsp3) is 0.458. The first kappa shape index (κ1) is 26.0. The van der Waals surface area contributed by atoms with Crippen LogP contribution < -0.4 is 10.1 Å². The third kappa shape index (κ3) is 6.96. The quantitative estimate of drug-likeness (QED) is 0.583. The minimum atomic E-state index is -4.40. The van der Waals surface area contributed by atoms with Gasteiger partial charge in [0.1, 0.15) is 5.75 Å². The van der Waals surface area contributed by atoms with Gasteiger partial charge < -0.3 is 10.1 Å². The molecule has 0 unspecified atom stereocenters. The Morgan fingerprint density at radius 1 is 1.06 bits per heavy atom. The number of carbonyl (C=O) groups excluding carboxylic acids is 1. The monoisotopic (exact) mass is 498 g/mol. The van der Waals surface area contributed by atoms with Gasteiger partial charge in [-0.1, -0.05) is 38.1 Å². The normalized spacial score (nSPS) is 15.9. The number of nitrogens with zero attached hydrogens (tertiary/aromatic N) is 1. The fourth-order valence-corrected chi connectivity index (χ4v) is 5.20. The number of carbonyl (C=O) groups is 1. The minimum Gasteiger partial charge on any atom is -0.484 e. The molecule has 1 saturated heterocycles. The van der Waals surface area contributed by atoms with Crippen LogP contribution in [-0.2, 0) is 21.4 Å². The Hall–Kier alpha value is -2.59. The van der Waals surface area contributed by atoms with Gasteiger partial charge in [0.25, 0.3) is 0 Å². The highest BCUT2D eigenvalue weighted by atomic mass is 32.2. The molecule has 186 valence electrons. The van der Waals surface area contributed by atoms with Crippen LogP contribution in [0.1, 0.15) is 43.7 Å². The zero-order chi connectivity index (χ0) is 24.9. The summed E-state index contributed by atoms with van der Waals surface area (Å²) in [7, 11) is -3.61. The lowest BCUT2D eigenvalue weighted by Crippen LogP contribution is -2.42. The molecular formula is C24H29F3N2O4S. The summed E-state index contributed by atoms with van der Waals surface area (Å²) in [5, 5.41) is 2.82. The second-order valence-corrected chi connectivity index (χ2v) is 10.6. The standard InChI is InChI=1S/C24H29F3N2O4S/c1-17(2)19-5-9-22(10-6-19)34(31,32)29-13-11-20(12-14-29)23(30)28-15-18-3-7-21(8-4-18)33-16-24(25,26)27/h3-10,17,20H,11-16H2,1-2H3,(H,28,30). The van der Waals surface area contributed by atoms with Crippen LogP contribution in [-0.4, -0.2) is 44.5 Å². The number of alkyl halides is 3. The average Bonchev–Trinajstić information content (AvgIpc) is 2.81. The summed E-state index contributed by atoms with van der Waals surface area (Å²) in [6.07, 6.45) is -3.57. The van der Waals surface area contributed by atoms with E-state index in [-0.39, 0.29) is 42.1 Å². The van der Waals surface area contributed by atoms with Crippen LogP contribution in [0.3, 0.4) is 0 Å². The van der Waals surface area contributed by atoms with E-state index in [4.69, 9.17) is 0 Å². The first-order chi connectivity index (χ1) is 16.0. The lowest BCUT2D eigenvalue weighted by Gasteiger charge is -2.30. The molecule has 0 spiro atoms. The van der Waals surface area contributed by atoms with E-state index in [1.807, 2.05) is 26.0 Å². The lowest BCUT2D eigenvalue weighted by atomic mass is 9.97. The summed E-state index contributed by atoms with van der Waals surface area (Å²) in [6, 6.07) is 12.9. The summed E-state index contributed by atoms with van der Waals surface area (Å²) in [5.41, 5.74) is 1.79. The van der Waals surface area contributed by atoms with Crippen LogP contribution in [0.5, 0.6) is 5.75 Å². The molecule has 34 heavy (non-hydrogen) atoms. The maximum Gasteiger partial charge on any atom is 0.422 e. The highest BCUT2D eigenvalue weighted by Gasteiger charge is 2.32. The van der Waals surface area contributed by atoms with Gasteiger partial charge in [-0.3, -0.25) is 4.79 Å². The lowest BCUT2D eigenvalue weighted by molar-refractivity contribution is -0.153. The van der Waals surface area contributed by atoms with E-state index < -0.39 is 22.8 Å². The smallest absolute Gasteiger partial charge is 0.422 e. The van der Waals surface area contributed by atoms with Gasteiger partial charge in [0, 0.05) is 25.6 Å². The zero-order valence-electron chi connectivity index (χ0n) is 19.1. The summed E-state index contributed by atoms with van der Waals surface area (Å²) < 4.78 is 68.6. The van der Waals surface area contributed by atoms with Gasteiger partial charge in [-0.05, 0) is 54.2 Å². The van der Waals surface area contributed by atoms with Crippen molar-refractivity contribution in [2.24, 2.45) is 5.92 Å². The fourth-order valence-electron chi connectivity index (χ4n) is 3.73. The Bertz CT molecular complexity index is 1060. The molecule has 6 nitrogen and oxygen atoms in total. The predicted molar refractivity (Wildman–Crippen MR) is 122 cm³/mol. The van der Waals surface area contributed by atoms with Gasteiger partial charge in [-0.15, -0.1) is 0 Å². The molecule has 1 aliphatic rings. The highest BCUT2D eigenvalue weighted by Crippen LogP contribution is 2.25. The summed E-state index contributed by atoms with van der Waals surface area (Å²) in [5.74, 6) is -0.0635. The number of rotatable bonds is 8. The number of amides is 1. The Morgan fingerprint density at radius 3 is 2.18 bits per heavy atom. The van der Waals surface area contributed by atoms with Crippen molar-refractivity contribution in [2.75, 3.05) is 19.7 Å². The van der Waals surface area contributed by atoms with Crippen molar-refractivity contribution in [3.8, 4) is 5.75 Å². The van der Waals surface area contributed by atoms with E-state index in [1.165, 1.54) is 16.4 Å². The van der Waals surface area contributed by atoms with E-state index in [0.29, 0.717) is 18.8 Å². The Kier molecular flexibility index (Phi) is 8.25. The topological polar surface area (TPSA) is 75.7 Å². The van der Waals surface area contributed by atoms with Gasteiger partial charge in [-0.25, -0.2) is 8.42 Å². The third-order valence-electron chi connectivity index (χ3n) is 5.80. The SMILES string of the molecule is CC(C)c1ccc(S(=O)(=O)N2CCC(C(=O)NCc3ccc(OCC(F)(F)F)cc3)CC2)cc1. The minimum absolute atomic E-state index is 0.0971. The van der Waals surface area contributed by atoms with E-state index in [1.54, 1.807) is 24.3 Å². The first-order valence-electron chi connectivity index (χ1n) is 11.1. The van der Waals surface area contributed by atoms with Crippen LogP contribution in [0.15, 0.2) is 53.4 Å². The second-order valence-electron chi connectivity index (χ2n) is 8.67. The predicted octanol–water partition coefficient (Wildman–Crippen LogP) is 4.47. The Labute approximate surface area is 198 Å². The van der Waals surface area contributed by atoms with Gasteiger partial charge >= 0.3 is 6.18 Å². The number of piperidine rings is 1. The molecule has 2 aromatic rings. The second kappa shape index (κ2) is 10.8. The van der Waals surface area contributed by atoms with Crippen molar-refractivity contribution in [1.29, 1.82) is 0 Å². The summed E-state index contributed by atoms with van der Waals surface area (Å²) in [4.78, 5) is 12.8. The van der Waals surface area contributed by atoms with Crippen LogP contribution >= 0.6 is 0 Å². The van der Waals surface area contributed by atoms with E-state index in [2.05, 4.69) is 10.1 Å². The van der Waals surface area contributed by atoms with Crippen LogP contribution in [0.25, 0.3) is 0 Å². The van der Waals surface area contributed by atoms with Crippen molar-refractivity contribution in [3.63, 3.8) is 0 Å². The molecule has 3 rings (SSSR count). The van der Waals surface area contributed by atoms with E-state index >= 15 is 0 Å². The maximum absolute atomic E-state index is 12.9. The van der Waals surface area contributed by atoms with Crippen molar-refractivity contribution >= 4 is 15.9 Å². The summed E-state index contributed by atoms with van der Waals surface area (Å²) in [6.45, 7) is 3.47. The average molecular weight is 499 g/mol. The van der Waals surface area contributed by atoms with Crippen molar-refractivity contribution in [2.45, 2.75) is 50.2 Å². The number of nitrogens with one attached hydrogen (secondary N) is 1. The molecule has 1 N–H and O–H groups in total. The first-order valence-corrected chi connectivity index (χ1v) is 12.6. The van der Waals surface area contributed by atoms with Crippen LogP contribution in [0, 0.1) is 5.92 Å². The van der Waals surface area contributed by atoms with Gasteiger partial charge in [0.2, 0.25) is 15.9 Å². The van der Waals surface area contributed by atoms with Crippen molar-refractivity contribution in [1.82, 2.24) is 9.62 Å². The maximum atomic E-state index is 12.9. The third-order valence-corrected chi connectivity index (χ3v) is 7.71. The van der Waals surface area contributed by atoms with Crippen LogP contribution in [0.4, 0.5) is 13.2 Å². The van der Waals surface area contributed by atoms with Gasteiger partial charge in [-0.2, -0.15) is 17.5 Å². The Balaban J connectivity index is 1.48. The Morgan fingerprint density at radius 2 is 1.65 bits per heavy atom. The molecule has 0 radical (unpaired) electrons. The molecule has 2 aromatic carbocycles. The summed E-state index contributed by atoms with van der Waals surface area (Å²) >= 11 is 0. The number of benzene rings is 2.